The van der Waals surface area contributed by atoms with Crippen molar-refractivity contribution in [1.82, 2.24) is 9.88 Å². The molecule has 24 heavy (non-hydrogen) atoms. The van der Waals surface area contributed by atoms with E-state index < -0.39 is 0 Å². The molecule has 1 atom stereocenters. The highest BCUT2D eigenvalue weighted by molar-refractivity contribution is 7.22. The second-order valence-corrected chi connectivity index (χ2v) is 7.17. The van der Waals surface area contributed by atoms with Crippen LogP contribution in [-0.2, 0) is 17.8 Å². The lowest BCUT2D eigenvalue weighted by atomic mass is 9.99. The fourth-order valence-electron chi connectivity index (χ4n) is 3.15. The number of rotatable bonds is 3. The van der Waals surface area contributed by atoms with E-state index in [2.05, 4.69) is 39.5 Å². The zero-order chi connectivity index (χ0) is 16.5. The second-order valence-electron chi connectivity index (χ2n) is 6.14. The number of carbonyl (C=O) groups excluding carboxylic acids is 1. The van der Waals surface area contributed by atoms with Crippen molar-refractivity contribution in [2.24, 2.45) is 0 Å². The number of para-hydroxylation sites is 1. The zero-order valence-electron chi connectivity index (χ0n) is 13.5. The summed E-state index contributed by atoms with van der Waals surface area (Å²) in [5, 5.41) is 3.65. The lowest BCUT2D eigenvalue weighted by Crippen LogP contribution is -2.44. The van der Waals surface area contributed by atoms with E-state index in [4.69, 9.17) is 0 Å². The molecule has 1 N–H and O–H groups in total. The van der Waals surface area contributed by atoms with Gasteiger partial charge in [-0.2, -0.15) is 0 Å². The molecule has 1 amide bonds. The number of nitrogens with zero attached hydrogens (tertiary/aromatic N) is 2. The third-order valence-electron chi connectivity index (χ3n) is 4.61. The van der Waals surface area contributed by atoms with Gasteiger partial charge in [0.25, 0.3) is 0 Å². The van der Waals surface area contributed by atoms with Gasteiger partial charge in [-0.1, -0.05) is 47.7 Å². The van der Waals surface area contributed by atoms with Gasteiger partial charge in [0.15, 0.2) is 5.13 Å². The standard InChI is InChI=1S/C19H19N3OS/c1-13(22-11-10-14-6-2-3-7-15(14)12-22)18(23)21-19-20-16-8-4-5-9-17(16)24-19/h2-9,13H,10-12H2,1H3,(H,20,21,23)/t13-/m0/s1. The van der Waals surface area contributed by atoms with E-state index in [-0.39, 0.29) is 11.9 Å². The highest BCUT2D eigenvalue weighted by Gasteiger charge is 2.25. The minimum Gasteiger partial charge on any atom is -0.301 e. The van der Waals surface area contributed by atoms with Crippen molar-refractivity contribution in [3.05, 3.63) is 59.7 Å². The quantitative estimate of drug-likeness (QED) is 0.793. The Morgan fingerprint density at radius 3 is 2.75 bits per heavy atom. The van der Waals surface area contributed by atoms with Crippen LogP contribution in [0.2, 0.25) is 0 Å². The minimum absolute atomic E-state index is 0.00781. The Hall–Kier alpha value is -2.24. The van der Waals surface area contributed by atoms with Crippen LogP contribution in [0, 0.1) is 0 Å². The Labute approximate surface area is 145 Å². The monoisotopic (exact) mass is 337 g/mol. The number of benzene rings is 2. The molecule has 0 aliphatic carbocycles. The first-order chi connectivity index (χ1) is 11.7. The van der Waals surface area contributed by atoms with Crippen molar-refractivity contribution in [2.45, 2.75) is 25.9 Å². The molecular weight excluding hydrogens is 318 g/mol. The molecule has 3 aromatic rings. The summed E-state index contributed by atoms with van der Waals surface area (Å²) in [6.07, 6.45) is 0.995. The SMILES string of the molecule is C[C@@H](C(=O)Nc1nc2ccccc2s1)N1CCc2ccccc2C1. The molecular formula is C19H19N3OS. The molecule has 0 radical (unpaired) electrons. The molecule has 4 nitrogen and oxygen atoms in total. The van der Waals surface area contributed by atoms with Crippen LogP contribution in [0.4, 0.5) is 5.13 Å². The average Bonchev–Trinajstić information content (AvgIpc) is 3.02. The fraction of sp³-hybridized carbons (Fsp3) is 0.263. The van der Waals surface area contributed by atoms with Crippen LogP contribution < -0.4 is 5.32 Å². The molecule has 0 unspecified atom stereocenters. The Balaban J connectivity index is 1.46. The van der Waals surface area contributed by atoms with Crippen molar-refractivity contribution in [1.29, 1.82) is 0 Å². The Bertz CT molecular complexity index is 856. The van der Waals surface area contributed by atoms with Crippen molar-refractivity contribution in [3.8, 4) is 0 Å². The van der Waals surface area contributed by atoms with Crippen LogP contribution in [-0.4, -0.2) is 28.4 Å². The number of aromatic nitrogens is 1. The number of anilines is 1. The Morgan fingerprint density at radius 2 is 1.92 bits per heavy atom. The fourth-order valence-corrected chi connectivity index (χ4v) is 4.02. The molecule has 0 bridgehead atoms. The van der Waals surface area contributed by atoms with Gasteiger partial charge >= 0.3 is 0 Å². The van der Waals surface area contributed by atoms with E-state index in [0.717, 1.165) is 29.7 Å². The molecule has 0 spiro atoms. The number of hydrogen-bond donors (Lipinski definition) is 1. The van der Waals surface area contributed by atoms with Crippen LogP contribution in [0.3, 0.4) is 0 Å². The van der Waals surface area contributed by atoms with Gasteiger partial charge in [-0.05, 0) is 36.6 Å². The first-order valence-corrected chi connectivity index (χ1v) is 8.99. The van der Waals surface area contributed by atoms with Crippen molar-refractivity contribution >= 4 is 32.6 Å². The maximum atomic E-state index is 12.6. The van der Waals surface area contributed by atoms with Gasteiger partial charge in [-0.25, -0.2) is 4.98 Å². The minimum atomic E-state index is -0.176. The molecule has 5 heteroatoms. The number of nitrogens with one attached hydrogen (secondary N) is 1. The van der Waals surface area contributed by atoms with E-state index in [0.29, 0.717) is 5.13 Å². The largest absolute Gasteiger partial charge is 0.301 e. The predicted molar refractivity (Wildman–Crippen MR) is 98.3 cm³/mol. The van der Waals surface area contributed by atoms with Crippen LogP contribution in [0.15, 0.2) is 48.5 Å². The molecule has 0 saturated heterocycles. The third-order valence-corrected chi connectivity index (χ3v) is 5.56. The van der Waals surface area contributed by atoms with Gasteiger partial charge < -0.3 is 5.32 Å². The smallest absolute Gasteiger partial charge is 0.243 e. The molecule has 0 fully saturated rings. The van der Waals surface area contributed by atoms with Gasteiger partial charge in [-0.15, -0.1) is 0 Å². The van der Waals surface area contributed by atoms with Crippen LogP contribution >= 0.6 is 11.3 Å². The van der Waals surface area contributed by atoms with Gasteiger partial charge in [-0.3, -0.25) is 9.69 Å². The van der Waals surface area contributed by atoms with Crippen molar-refractivity contribution in [3.63, 3.8) is 0 Å². The van der Waals surface area contributed by atoms with Crippen molar-refractivity contribution in [2.75, 3.05) is 11.9 Å². The topological polar surface area (TPSA) is 45.2 Å². The number of thiazole rings is 1. The number of carbonyl (C=O) groups is 1. The summed E-state index contributed by atoms with van der Waals surface area (Å²) in [5.41, 5.74) is 3.65. The zero-order valence-corrected chi connectivity index (χ0v) is 14.3. The molecule has 1 aliphatic heterocycles. The summed E-state index contributed by atoms with van der Waals surface area (Å²) in [6, 6.07) is 16.2. The lowest BCUT2D eigenvalue weighted by molar-refractivity contribution is -0.121. The predicted octanol–water partition coefficient (Wildman–Crippen LogP) is 3.68. The summed E-state index contributed by atoms with van der Waals surface area (Å²) in [6.45, 7) is 3.70. The van der Waals surface area contributed by atoms with E-state index >= 15 is 0 Å². The number of fused-ring (bicyclic) bond motifs is 2. The number of hydrogen-bond acceptors (Lipinski definition) is 4. The lowest BCUT2D eigenvalue weighted by Gasteiger charge is -2.32. The summed E-state index contributed by atoms with van der Waals surface area (Å²) < 4.78 is 1.09. The Kier molecular flexibility index (Phi) is 4.04. The van der Waals surface area contributed by atoms with Gasteiger partial charge in [0.05, 0.1) is 16.3 Å². The molecule has 4 rings (SSSR count). The maximum absolute atomic E-state index is 12.6. The molecule has 2 aromatic carbocycles. The molecule has 0 saturated carbocycles. The van der Waals surface area contributed by atoms with Gasteiger partial charge in [0.1, 0.15) is 0 Å². The van der Waals surface area contributed by atoms with Crippen LogP contribution in [0.1, 0.15) is 18.1 Å². The normalized spacial score (nSPS) is 15.9. The third kappa shape index (κ3) is 2.92. The maximum Gasteiger partial charge on any atom is 0.243 e. The van der Waals surface area contributed by atoms with E-state index in [9.17, 15) is 4.79 Å². The van der Waals surface area contributed by atoms with E-state index in [1.165, 1.54) is 22.5 Å². The highest BCUT2D eigenvalue weighted by atomic mass is 32.1. The first kappa shape index (κ1) is 15.3. The molecule has 1 aliphatic rings. The Morgan fingerprint density at radius 1 is 1.17 bits per heavy atom. The first-order valence-electron chi connectivity index (χ1n) is 8.18. The highest BCUT2D eigenvalue weighted by Crippen LogP contribution is 2.26. The van der Waals surface area contributed by atoms with Crippen LogP contribution in [0.25, 0.3) is 10.2 Å². The molecule has 122 valence electrons. The molecule has 1 aromatic heterocycles. The molecule has 2 heterocycles. The summed E-state index contributed by atoms with van der Waals surface area (Å²) in [4.78, 5) is 19.3. The second kappa shape index (κ2) is 6.34. The average molecular weight is 337 g/mol. The summed E-state index contributed by atoms with van der Waals surface area (Å²) >= 11 is 1.52. The van der Waals surface area contributed by atoms with E-state index in [1.807, 2.05) is 31.2 Å². The van der Waals surface area contributed by atoms with Crippen LogP contribution in [0.5, 0.6) is 0 Å². The number of amides is 1. The van der Waals surface area contributed by atoms with Crippen molar-refractivity contribution < 1.29 is 4.79 Å². The van der Waals surface area contributed by atoms with E-state index in [1.54, 1.807) is 0 Å². The van der Waals surface area contributed by atoms with Gasteiger partial charge in [0.2, 0.25) is 5.91 Å². The summed E-state index contributed by atoms with van der Waals surface area (Å²) in [5.74, 6) is 0.00781. The van der Waals surface area contributed by atoms with Gasteiger partial charge in [0, 0.05) is 13.1 Å². The summed E-state index contributed by atoms with van der Waals surface area (Å²) in [7, 11) is 0.